The molecule has 0 aromatic carbocycles. The first kappa shape index (κ1) is 17.9. The van der Waals surface area contributed by atoms with Gasteiger partial charge in [0.05, 0.1) is 12.5 Å². The average Bonchev–Trinajstić information content (AvgIpc) is 3.07. The molecule has 0 radical (unpaired) electrons. The molecule has 2 aromatic rings. The second-order valence-electron chi connectivity index (χ2n) is 8.67. The van der Waals surface area contributed by atoms with Gasteiger partial charge in [0.2, 0.25) is 0 Å². The summed E-state index contributed by atoms with van der Waals surface area (Å²) in [6.07, 6.45) is 5.04. The molecular formula is C20H30O3. The molecule has 0 saturated heterocycles. The van der Waals surface area contributed by atoms with Gasteiger partial charge in [-0.1, -0.05) is 41.5 Å². The predicted molar refractivity (Wildman–Crippen MR) is 92.1 cm³/mol. The Morgan fingerprint density at radius 2 is 1.17 bits per heavy atom. The largest absolute Gasteiger partial charge is 0.467 e. The van der Waals surface area contributed by atoms with Crippen molar-refractivity contribution in [3.8, 4) is 0 Å². The fraction of sp³-hybridized carbons (Fsp3) is 0.600. The Morgan fingerprint density at radius 1 is 0.783 bits per heavy atom. The van der Waals surface area contributed by atoms with Gasteiger partial charge in [0.1, 0.15) is 23.7 Å². The van der Waals surface area contributed by atoms with E-state index in [9.17, 15) is 0 Å². The Balaban J connectivity index is 2.22. The third-order valence-corrected chi connectivity index (χ3v) is 3.65. The number of ether oxygens (including phenoxy) is 1. The molecule has 0 aliphatic carbocycles. The molecular weight excluding hydrogens is 288 g/mol. The van der Waals surface area contributed by atoms with Gasteiger partial charge in [-0.25, -0.2) is 0 Å². The first-order chi connectivity index (χ1) is 10.6. The average molecular weight is 318 g/mol. The van der Waals surface area contributed by atoms with Crippen LogP contribution < -0.4 is 0 Å². The highest BCUT2D eigenvalue weighted by molar-refractivity contribution is 5.06. The van der Waals surface area contributed by atoms with E-state index in [1.54, 1.807) is 12.5 Å². The lowest BCUT2D eigenvalue weighted by Crippen LogP contribution is -2.20. The van der Waals surface area contributed by atoms with Crippen molar-refractivity contribution in [1.29, 1.82) is 0 Å². The zero-order valence-corrected chi connectivity index (χ0v) is 15.3. The van der Waals surface area contributed by atoms with Crippen molar-refractivity contribution in [2.24, 2.45) is 10.8 Å². The maximum Gasteiger partial charge on any atom is 0.132 e. The van der Waals surface area contributed by atoms with Gasteiger partial charge >= 0.3 is 0 Å². The summed E-state index contributed by atoms with van der Waals surface area (Å²) in [6.45, 7) is 13.3. The zero-order chi connectivity index (χ0) is 17.1. The van der Waals surface area contributed by atoms with Crippen LogP contribution >= 0.6 is 0 Å². The molecule has 2 rings (SSSR count). The molecule has 0 bridgehead atoms. The summed E-state index contributed by atoms with van der Waals surface area (Å²) in [6, 6.07) is 7.82. The molecule has 0 aliphatic heterocycles. The van der Waals surface area contributed by atoms with Crippen molar-refractivity contribution in [1.82, 2.24) is 0 Å². The van der Waals surface area contributed by atoms with Gasteiger partial charge in [0.15, 0.2) is 0 Å². The molecule has 2 unspecified atom stereocenters. The lowest BCUT2D eigenvalue weighted by Gasteiger charge is -2.31. The van der Waals surface area contributed by atoms with Crippen LogP contribution in [0.4, 0.5) is 0 Å². The van der Waals surface area contributed by atoms with Crippen LogP contribution in [0.25, 0.3) is 0 Å². The molecule has 0 aliphatic rings. The highest BCUT2D eigenvalue weighted by Crippen LogP contribution is 2.40. The van der Waals surface area contributed by atoms with E-state index in [-0.39, 0.29) is 23.0 Å². The van der Waals surface area contributed by atoms with Gasteiger partial charge in [-0.3, -0.25) is 0 Å². The summed E-state index contributed by atoms with van der Waals surface area (Å²) in [5, 5.41) is 0. The van der Waals surface area contributed by atoms with E-state index in [1.807, 2.05) is 24.3 Å². The molecule has 0 saturated carbocycles. The van der Waals surface area contributed by atoms with Crippen LogP contribution in [-0.2, 0) is 4.74 Å². The third-order valence-electron chi connectivity index (χ3n) is 3.65. The molecule has 2 atom stereocenters. The topological polar surface area (TPSA) is 35.5 Å². The number of furan rings is 2. The van der Waals surface area contributed by atoms with Crippen LogP contribution in [0, 0.1) is 10.8 Å². The molecule has 23 heavy (non-hydrogen) atoms. The van der Waals surface area contributed by atoms with Gasteiger partial charge in [-0.05, 0) is 47.9 Å². The van der Waals surface area contributed by atoms with E-state index in [2.05, 4.69) is 41.5 Å². The SMILES string of the molecule is CC(C)(C)CC(OC(CC(C)(C)C)c1ccco1)c1ccco1. The quantitative estimate of drug-likeness (QED) is 0.606. The number of rotatable bonds is 6. The third kappa shape index (κ3) is 5.91. The molecule has 2 aromatic heterocycles. The van der Waals surface area contributed by atoms with Crippen molar-refractivity contribution in [3.05, 3.63) is 48.3 Å². The summed E-state index contributed by atoms with van der Waals surface area (Å²) in [4.78, 5) is 0. The first-order valence-electron chi connectivity index (χ1n) is 8.36. The zero-order valence-electron chi connectivity index (χ0n) is 15.3. The van der Waals surface area contributed by atoms with Crippen molar-refractivity contribution < 1.29 is 13.6 Å². The molecule has 3 heteroatoms. The number of hydrogen-bond donors (Lipinski definition) is 0. The summed E-state index contributed by atoms with van der Waals surface area (Å²) in [7, 11) is 0. The van der Waals surface area contributed by atoms with Crippen molar-refractivity contribution in [3.63, 3.8) is 0 Å². The standard InChI is InChI=1S/C20H30O3/c1-19(2,3)13-17(15-9-7-11-21-15)23-18(14-20(4,5)6)16-10-8-12-22-16/h7-12,17-18H,13-14H2,1-6H3. The Morgan fingerprint density at radius 3 is 1.43 bits per heavy atom. The van der Waals surface area contributed by atoms with E-state index in [4.69, 9.17) is 13.6 Å². The minimum atomic E-state index is -0.0811. The van der Waals surface area contributed by atoms with Gasteiger partial charge in [-0.2, -0.15) is 0 Å². The fourth-order valence-electron chi connectivity index (χ4n) is 2.69. The molecule has 0 fully saturated rings. The summed E-state index contributed by atoms with van der Waals surface area (Å²) >= 11 is 0. The summed E-state index contributed by atoms with van der Waals surface area (Å²) < 4.78 is 17.8. The van der Waals surface area contributed by atoms with Crippen molar-refractivity contribution in [2.45, 2.75) is 66.6 Å². The van der Waals surface area contributed by atoms with E-state index >= 15 is 0 Å². The minimum Gasteiger partial charge on any atom is -0.467 e. The van der Waals surface area contributed by atoms with Crippen molar-refractivity contribution in [2.75, 3.05) is 0 Å². The lowest BCUT2D eigenvalue weighted by molar-refractivity contribution is -0.0688. The molecule has 0 spiro atoms. The second kappa shape index (κ2) is 6.96. The molecule has 3 nitrogen and oxygen atoms in total. The maximum atomic E-state index is 6.50. The minimum absolute atomic E-state index is 0.0811. The molecule has 0 N–H and O–H groups in total. The van der Waals surface area contributed by atoms with Crippen LogP contribution in [0.2, 0.25) is 0 Å². The van der Waals surface area contributed by atoms with Crippen LogP contribution in [0.3, 0.4) is 0 Å². The highest BCUT2D eigenvalue weighted by Gasteiger charge is 2.30. The van der Waals surface area contributed by atoms with Crippen molar-refractivity contribution >= 4 is 0 Å². The normalized spacial score (nSPS) is 15.6. The smallest absolute Gasteiger partial charge is 0.132 e. The summed E-state index contributed by atoms with van der Waals surface area (Å²) in [5.41, 5.74) is 0.291. The van der Waals surface area contributed by atoms with E-state index in [1.165, 1.54) is 0 Å². The van der Waals surface area contributed by atoms with E-state index < -0.39 is 0 Å². The van der Waals surface area contributed by atoms with Crippen LogP contribution in [0.1, 0.15) is 78.1 Å². The lowest BCUT2D eigenvalue weighted by atomic mass is 9.86. The predicted octanol–water partition coefficient (Wildman–Crippen LogP) is 6.54. The molecule has 128 valence electrons. The molecule has 0 amide bonds. The Kier molecular flexibility index (Phi) is 5.41. The van der Waals surface area contributed by atoms with Crippen LogP contribution in [0.15, 0.2) is 45.6 Å². The number of hydrogen-bond acceptors (Lipinski definition) is 3. The maximum absolute atomic E-state index is 6.50. The van der Waals surface area contributed by atoms with Gasteiger partial charge in [0.25, 0.3) is 0 Å². The van der Waals surface area contributed by atoms with E-state index in [0.29, 0.717) is 0 Å². The first-order valence-corrected chi connectivity index (χ1v) is 8.36. The van der Waals surface area contributed by atoms with Gasteiger partial charge in [0, 0.05) is 0 Å². The highest BCUT2D eigenvalue weighted by atomic mass is 16.5. The van der Waals surface area contributed by atoms with Gasteiger partial charge in [-0.15, -0.1) is 0 Å². The monoisotopic (exact) mass is 318 g/mol. The fourth-order valence-corrected chi connectivity index (χ4v) is 2.69. The van der Waals surface area contributed by atoms with Gasteiger partial charge < -0.3 is 13.6 Å². The van der Waals surface area contributed by atoms with E-state index in [0.717, 1.165) is 24.4 Å². The Labute approximate surface area is 140 Å². The van der Waals surface area contributed by atoms with Crippen LogP contribution in [0.5, 0.6) is 0 Å². The Bertz CT molecular complexity index is 501. The Hall–Kier alpha value is -1.48. The molecule has 2 heterocycles. The second-order valence-corrected chi connectivity index (χ2v) is 8.67. The summed E-state index contributed by atoms with van der Waals surface area (Å²) in [5.74, 6) is 1.76. The van der Waals surface area contributed by atoms with Crippen LogP contribution in [-0.4, -0.2) is 0 Å².